The highest BCUT2D eigenvalue weighted by Crippen LogP contribution is 2.36. The fourth-order valence-corrected chi connectivity index (χ4v) is 5.09. The highest BCUT2D eigenvalue weighted by molar-refractivity contribution is 8.00. The van der Waals surface area contributed by atoms with E-state index in [2.05, 4.69) is 34.6 Å². The fourth-order valence-electron chi connectivity index (χ4n) is 2.32. The van der Waals surface area contributed by atoms with Crippen molar-refractivity contribution in [2.45, 2.75) is 23.4 Å². The molecule has 138 valence electrons. The van der Waals surface area contributed by atoms with Crippen LogP contribution in [0.1, 0.15) is 33.3 Å². The summed E-state index contributed by atoms with van der Waals surface area (Å²) >= 11 is 3.61. The lowest BCUT2D eigenvalue weighted by Gasteiger charge is -2.02. The molecule has 10 heteroatoms. The normalized spacial score (nSPS) is 10.5. The Balaban J connectivity index is 1.70. The Bertz CT molecular complexity index is 1000. The number of hydrogen-bond acceptors (Lipinski definition) is 9. The highest BCUT2D eigenvalue weighted by Gasteiger charge is 2.21. The second-order valence-corrected chi connectivity index (χ2v) is 8.66. The Morgan fingerprint density at radius 2 is 2.07 bits per heavy atom. The molecular weight excluding hydrogens is 402 g/mol. The maximum atomic E-state index is 11.4. The summed E-state index contributed by atoms with van der Waals surface area (Å²) < 4.78 is 0.674. The van der Waals surface area contributed by atoms with Gasteiger partial charge in [0.1, 0.15) is 15.9 Å². The second-order valence-electron chi connectivity index (χ2n) is 5.40. The number of carboxylic acids is 1. The number of aromatic nitrogens is 2. The summed E-state index contributed by atoms with van der Waals surface area (Å²) in [6, 6.07) is 10.1. The van der Waals surface area contributed by atoms with Crippen molar-refractivity contribution in [1.82, 2.24) is 10.2 Å². The molecule has 0 aliphatic heterocycles. The van der Waals surface area contributed by atoms with E-state index in [0.29, 0.717) is 15.0 Å². The molecule has 3 aromatic rings. The van der Waals surface area contributed by atoms with Crippen LogP contribution in [0.15, 0.2) is 28.6 Å². The standard InChI is InChI=1S/C17H15N5O2S3/c1-2-9-3-5-10(6-4-9)20-16-21-22-17(27-16)25-8-12-11(7-18)14(19)26-13(12)15(23)24/h3-6H,2,8,19H2,1H3,(H,20,21)(H,23,24). The van der Waals surface area contributed by atoms with Gasteiger partial charge < -0.3 is 16.2 Å². The minimum atomic E-state index is -1.08. The van der Waals surface area contributed by atoms with Gasteiger partial charge in [-0.25, -0.2) is 4.79 Å². The van der Waals surface area contributed by atoms with E-state index in [1.807, 2.05) is 18.2 Å². The number of nitrogens with two attached hydrogens (primary N) is 1. The SMILES string of the molecule is CCc1ccc(Nc2nnc(SCc3c(C(=O)O)sc(N)c3C#N)s2)cc1. The van der Waals surface area contributed by atoms with Crippen LogP contribution in [0.4, 0.5) is 15.8 Å². The van der Waals surface area contributed by atoms with Gasteiger partial charge in [0.25, 0.3) is 0 Å². The lowest BCUT2D eigenvalue weighted by Crippen LogP contribution is -1.98. The Morgan fingerprint density at radius 3 is 2.70 bits per heavy atom. The number of benzene rings is 1. The van der Waals surface area contributed by atoms with Gasteiger partial charge in [-0.3, -0.25) is 0 Å². The maximum absolute atomic E-state index is 11.4. The molecule has 4 N–H and O–H groups in total. The van der Waals surface area contributed by atoms with Crippen molar-refractivity contribution in [1.29, 1.82) is 5.26 Å². The van der Waals surface area contributed by atoms with Gasteiger partial charge in [-0.05, 0) is 24.1 Å². The molecule has 0 unspecified atom stereocenters. The molecule has 3 rings (SSSR count). The molecule has 0 saturated heterocycles. The summed E-state index contributed by atoms with van der Waals surface area (Å²) in [7, 11) is 0. The first kappa shape index (κ1) is 19.2. The second kappa shape index (κ2) is 8.39. The van der Waals surface area contributed by atoms with Crippen molar-refractivity contribution in [3.63, 3.8) is 0 Å². The van der Waals surface area contributed by atoms with E-state index in [9.17, 15) is 15.2 Å². The predicted octanol–water partition coefficient (Wildman–Crippen LogP) is 4.35. The number of aromatic carboxylic acids is 1. The van der Waals surface area contributed by atoms with Gasteiger partial charge in [-0.1, -0.05) is 42.2 Å². The maximum Gasteiger partial charge on any atom is 0.346 e. The van der Waals surface area contributed by atoms with E-state index in [1.165, 1.54) is 28.7 Å². The number of carboxylic acid groups (broad SMARTS) is 1. The zero-order valence-electron chi connectivity index (χ0n) is 14.2. The lowest BCUT2D eigenvalue weighted by molar-refractivity contribution is 0.0701. The number of nitriles is 1. The number of thioether (sulfide) groups is 1. The van der Waals surface area contributed by atoms with E-state index in [0.717, 1.165) is 23.4 Å². The van der Waals surface area contributed by atoms with Crippen LogP contribution in [0.25, 0.3) is 0 Å². The summed E-state index contributed by atoms with van der Waals surface area (Å²) in [6.07, 6.45) is 0.982. The summed E-state index contributed by atoms with van der Waals surface area (Å²) in [5.41, 5.74) is 8.59. The number of rotatable bonds is 7. The van der Waals surface area contributed by atoms with Crippen LogP contribution < -0.4 is 11.1 Å². The van der Waals surface area contributed by atoms with Crippen molar-refractivity contribution in [2.75, 3.05) is 11.1 Å². The first-order chi connectivity index (χ1) is 13.0. The topological polar surface area (TPSA) is 125 Å². The molecule has 0 bridgehead atoms. The summed E-state index contributed by atoms with van der Waals surface area (Å²) in [5, 5.41) is 30.8. The molecule has 27 heavy (non-hydrogen) atoms. The first-order valence-electron chi connectivity index (χ1n) is 7.88. The molecule has 0 spiro atoms. The van der Waals surface area contributed by atoms with Gasteiger partial charge in [0.2, 0.25) is 5.13 Å². The van der Waals surface area contributed by atoms with Gasteiger partial charge in [0.15, 0.2) is 4.34 Å². The van der Waals surface area contributed by atoms with Gasteiger partial charge in [-0.2, -0.15) is 5.26 Å². The third kappa shape index (κ3) is 4.39. The largest absolute Gasteiger partial charge is 0.477 e. The Labute approximate surface area is 167 Å². The van der Waals surface area contributed by atoms with Crippen molar-refractivity contribution < 1.29 is 9.90 Å². The lowest BCUT2D eigenvalue weighted by atomic mass is 10.1. The molecule has 0 aliphatic carbocycles. The molecule has 7 nitrogen and oxygen atoms in total. The molecular formula is C17H15N5O2S3. The van der Waals surface area contributed by atoms with Gasteiger partial charge in [0.05, 0.1) is 5.56 Å². The van der Waals surface area contributed by atoms with Crippen molar-refractivity contribution >= 4 is 56.2 Å². The monoisotopic (exact) mass is 417 g/mol. The zero-order chi connectivity index (χ0) is 19.4. The van der Waals surface area contributed by atoms with Crippen LogP contribution in [-0.4, -0.2) is 21.3 Å². The molecule has 0 fully saturated rings. The van der Waals surface area contributed by atoms with Gasteiger partial charge in [0, 0.05) is 17.0 Å². The summed E-state index contributed by atoms with van der Waals surface area (Å²) in [4.78, 5) is 11.5. The predicted molar refractivity (Wildman–Crippen MR) is 109 cm³/mol. The van der Waals surface area contributed by atoms with Crippen LogP contribution in [0.5, 0.6) is 0 Å². The van der Waals surface area contributed by atoms with Crippen LogP contribution >= 0.6 is 34.4 Å². The summed E-state index contributed by atoms with van der Waals surface area (Å²) in [6.45, 7) is 2.10. The minimum Gasteiger partial charge on any atom is -0.477 e. The van der Waals surface area contributed by atoms with Crippen molar-refractivity contribution in [2.24, 2.45) is 0 Å². The average molecular weight is 418 g/mol. The number of nitrogen functional groups attached to an aromatic ring is 1. The molecule has 0 radical (unpaired) electrons. The molecule has 2 aromatic heterocycles. The Kier molecular flexibility index (Phi) is 5.95. The number of aryl methyl sites for hydroxylation is 1. The third-order valence-corrected chi connectivity index (χ3v) is 6.75. The average Bonchev–Trinajstić information content (AvgIpc) is 3.24. The van der Waals surface area contributed by atoms with Crippen LogP contribution in [-0.2, 0) is 12.2 Å². The van der Waals surface area contributed by atoms with Crippen LogP contribution in [0.3, 0.4) is 0 Å². The number of carbonyl (C=O) groups is 1. The highest BCUT2D eigenvalue weighted by atomic mass is 32.2. The quantitative estimate of drug-likeness (QED) is 0.485. The minimum absolute atomic E-state index is 0.0930. The number of hydrogen-bond donors (Lipinski definition) is 3. The third-order valence-electron chi connectivity index (χ3n) is 3.70. The molecule has 0 amide bonds. The molecule has 0 atom stereocenters. The zero-order valence-corrected chi connectivity index (χ0v) is 16.7. The van der Waals surface area contributed by atoms with Gasteiger partial charge >= 0.3 is 5.97 Å². The number of thiophene rings is 1. The van der Waals surface area contributed by atoms with Crippen molar-refractivity contribution in [3.8, 4) is 6.07 Å². The first-order valence-corrected chi connectivity index (χ1v) is 10.5. The number of nitrogens with one attached hydrogen (secondary N) is 1. The smallest absolute Gasteiger partial charge is 0.346 e. The number of anilines is 3. The van der Waals surface area contributed by atoms with E-state index in [4.69, 9.17) is 5.73 Å². The van der Waals surface area contributed by atoms with E-state index in [-0.39, 0.29) is 21.2 Å². The molecule has 2 heterocycles. The van der Waals surface area contributed by atoms with Gasteiger partial charge in [-0.15, -0.1) is 21.5 Å². The fraction of sp³-hybridized carbons (Fsp3) is 0.176. The molecule has 0 aliphatic rings. The summed E-state index contributed by atoms with van der Waals surface area (Å²) in [5.74, 6) is -0.795. The van der Waals surface area contributed by atoms with Crippen LogP contribution in [0, 0.1) is 11.3 Å². The van der Waals surface area contributed by atoms with Crippen molar-refractivity contribution in [3.05, 3.63) is 45.8 Å². The number of nitrogens with zero attached hydrogens (tertiary/aromatic N) is 3. The Hall–Kier alpha value is -2.61. The van der Waals surface area contributed by atoms with E-state index >= 15 is 0 Å². The Morgan fingerprint density at radius 1 is 1.33 bits per heavy atom. The van der Waals surface area contributed by atoms with E-state index < -0.39 is 5.97 Å². The molecule has 0 saturated carbocycles. The van der Waals surface area contributed by atoms with E-state index in [1.54, 1.807) is 0 Å². The molecule has 1 aromatic carbocycles. The van der Waals surface area contributed by atoms with Crippen LogP contribution in [0.2, 0.25) is 0 Å².